The Kier molecular flexibility index (Phi) is 3.22. The topological polar surface area (TPSA) is 63.6 Å². The first-order valence-electron chi connectivity index (χ1n) is 3.82. The molecule has 0 spiro atoms. The standard InChI is InChI=1S/C7H12O4S/c1-11-7(8)5-2-3-6(4-5)12(9)10/h5-6H,2-4H2,1H3,(H,9,10)/t5-,6+/m1/s1. The van der Waals surface area contributed by atoms with Crippen molar-refractivity contribution in [3.63, 3.8) is 0 Å². The molecule has 1 fully saturated rings. The highest BCUT2D eigenvalue weighted by molar-refractivity contribution is 7.79. The Balaban J connectivity index is 2.45. The van der Waals surface area contributed by atoms with E-state index in [9.17, 15) is 9.00 Å². The predicted molar refractivity (Wildman–Crippen MR) is 43.9 cm³/mol. The van der Waals surface area contributed by atoms with Gasteiger partial charge in [0.05, 0.1) is 18.3 Å². The lowest BCUT2D eigenvalue weighted by Gasteiger charge is -2.05. The highest BCUT2D eigenvalue weighted by atomic mass is 32.2. The van der Waals surface area contributed by atoms with E-state index in [1.54, 1.807) is 0 Å². The second-order valence-corrected chi connectivity index (χ2v) is 4.15. The first-order chi connectivity index (χ1) is 5.65. The third-order valence-corrected chi connectivity index (χ3v) is 3.20. The lowest BCUT2D eigenvalue weighted by Crippen LogP contribution is -2.15. The average molecular weight is 192 g/mol. The maximum absolute atomic E-state index is 11.0. The number of ether oxygens (including phenoxy) is 1. The van der Waals surface area contributed by atoms with Crippen molar-refractivity contribution in [2.75, 3.05) is 7.11 Å². The zero-order chi connectivity index (χ0) is 9.14. The summed E-state index contributed by atoms with van der Waals surface area (Å²) in [5, 5.41) is -0.242. The molecule has 3 atom stereocenters. The van der Waals surface area contributed by atoms with Gasteiger partial charge < -0.3 is 9.29 Å². The van der Waals surface area contributed by atoms with Gasteiger partial charge in [0.2, 0.25) is 0 Å². The molecular weight excluding hydrogens is 180 g/mol. The fraction of sp³-hybridized carbons (Fsp3) is 0.857. The summed E-state index contributed by atoms with van der Waals surface area (Å²) in [6, 6.07) is 0. The van der Waals surface area contributed by atoms with E-state index in [0.717, 1.165) is 0 Å². The molecule has 5 heteroatoms. The molecule has 1 aliphatic rings. The fourth-order valence-electron chi connectivity index (χ4n) is 1.50. The minimum absolute atomic E-state index is 0.170. The van der Waals surface area contributed by atoms with Crippen LogP contribution in [-0.2, 0) is 20.6 Å². The van der Waals surface area contributed by atoms with Crippen LogP contribution < -0.4 is 0 Å². The van der Waals surface area contributed by atoms with Gasteiger partial charge in [-0.25, -0.2) is 4.21 Å². The van der Waals surface area contributed by atoms with E-state index in [0.29, 0.717) is 19.3 Å². The predicted octanol–water partition coefficient (Wildman–Crippen LogP) is 0.550. The monoisotopic (exact) mass is 192 g/mol. The summed E-state index contributed by atoms with van der Waals surface area (Å²) in [5.74, 6) is -0.431. The Morgan fingerprint density at radius 3 is 2.67 bits per heavy atom. The smallest absolute Gasteiger partial charge is 0.308 e. The van der Waals surface area contributed by atoms with Crippen molar-refractivity contribution >= 4 is 17.0 Å². The Morgan fingerprint density at radius 1 is 1.58 bits per heavy atom. The van der Waals surface area contributed by atoms with Gasteiger partial charge >= 0.3 is 5.97 Å². The lowest BCUT2D eigenvalue weighted by molar-refractivity contribution is -0.145. The molecule has 1 rings (SSSR count). The summed E-state index contributed by atoms with van der Waals surface area (Å²) in [4.78, 5) is 11.0. The van der Waals surface area contributed by atoms with Crippen molar-refractivity contribution in [2.24, 2.45) is 5.92 Å². The molecule has 4 nitrogen and oxygen atoms in total. The quantitative estimate of drug-likeness (QED) is 0.512. The van der Waals surface area contributed by atoms with Crippen molar-refractivity contribution in [3.05, 3.63) is 0 Å². The van der Waals surface area contributed by atoms with Crippen LogP contribution in [0.25, 0.3) is 0 Å². The Hall–Kier alpha value is -0.420. The highest BCUT2D eigenvalue weighted by Gasteiger charge is 2.33. The van der Waals surface area contributed by atoms with Gasteiger partial charge in [-0.3, -0.25) is 4.79 Å². The summed E-state index contributed by atoms with van der Waals surface area (Å²) in [6.07, 6.45) is 1.79. The molecule has 0 amide bonds. The number of methoxy groups -OCH3 is 1. The molecule has 0 saturated heterocycles. The Labute approximate surface area is 73.6 Å². The molecular formula is C7H12O4S. The van der Waals surface area contributed by atoms with E-state index in [1.165, 1.54) is 7.11 Å². The Bertz CT molecular complexity index is 204. The zero-order valence-electron chi connectivity index (χ0n) is 6.86. The second kappa shape index (κ2) is 4.00. The van der Waals surface area contributed by atoms with Crippen LogP contribution in [0.4, 0.5) is 0 Å². The largest absolute Gasteiger partial charge is 0.469 e. The van der Waals surface area contributed by atoms with Gasteiger partial charge in [-0.15, -0.1) is 0 Å². The molecule has 12 heavy (non-hydrogen) atoms. The van der Waals surface area contributed by atoms with Gasteiger partial charge in [0, 0.05) is 0 Å². The van der Waals surface area contributed by atoms with E-state index in [4.69, 9.17) is 4.55 Å². The van der Waals surface area contributed by atoms with E-state index >= 15 is 0 Å². The third kappa shape index (κ3) is 2.04. The van der Waals surface area contributed by atoms with Gasteiger partial charge in [0.1, 0.15) is 0 Å². The number of carbonyl (C=O) groups excluding carboxylic acids is 1. The number of esters is 1. The maximum Gasteiger partial charge on any atom is 0.308 e. The SMILES string of the molecule is COC(=O)[C@@H]1CC[C@H](S(=O)O)C1. The minimum Gasteiger partial charge on any atom is -0.469 e. The normalized spacial score (nSPS) is 31.5. The maximum atomic E-state index is 11.0. The summed E-state index contributed by atoms with van der Waals surface area (Å²) >= 11 is -1.79. The molecule has 1 N–H and O–H groups in total. The summed E-state index contributed by atoms with van der Waals surface area (Å²) in [6.45, 7) is 0. The number of rotatable bonds is 2. The van der Waals surface area contributed by atoms with Gasteiger partial charge in [0.15, 0.2) is 11.1 Å². The van der Waals surface area contributed by atoms with Gasteiger partial charge in [0.25, 0.3) is 0 Å². The van der Waals surface area contributed by atoms with E-state index < -0.39 is 11.1 Å². The number of hydrogen-bond donors (Lipinski definition) is 1. The zero-order valence-corrected chi connectivity index (χ0v) is 7.67. The average Bonchev–Trinajstić information content (AvgIpc) is 2.51. The summed E-state index contributed by atoms with van der Waals surface area (Å²) in [7, 11) is 1.34. The first-order valence-corrected chi connectivity index (χ1v) is 4.99. The molecule has 0 aromatic rings. The molecule has 70 valence electrons. The van der Waals surface area contributed by atoms with Gasteiger partial charge in [-0.1, -0.05) is 0 Å². The fourth-order valence-corrected chi connectivity index (χ4v) is 2.24. The van der Waals surface area contributed by atoms with Crippen LogP contribution in [0.5, 0.6) is 0 Å². The van der Waals surface area contributed by atoms with Crippen molar-refractivity contribution in [2.45, 2.75) is 24.5 Å². The molecule has 0 aromatic heterocycles. The van der Waals surface area contributed by atoms with E-state index in [1.807, 2.05) is 0 Å². The van der Waals surface area contributed by atoms with Crippen molar-refractivity contribution in [3.8, 4) is 0 Å². The molecule has 0 aliphatic heterocycles. The number of carbonyl (C=O) groups is 1. The van der Waals surface area contributed by atoms with Crippen LogP contribution in [-0.4, -0.2) is 27.1 Å². The van der Waals surface area contributed by atoms with E-state index in [2.05, 4.69) is 4.74 Å². The van der Waals surface area contributed by atoms with Crippen LogP contribution in [0.2, 0.25) is 0 Å². The summed E-state index contributed by atoms with van der Waals surface area (Å²) < 4.78 is 23.9. The molecule has 1 unspecified atom stereocenters. The van der Waals surface area contributed by atoms with Crippen LogP contribution in [0.1, 0.15) is 19.3 Å². The molecule has 0 heterocycles. The van der Waals surface area contributed by atoms with Crippen LogP contribution in [0, 0.1) is 5.92 Å². The van der Waals surface area contributed by atoms with Crippen LogP contribution >= 0.6 is 0 Å². The lowest BCUT2D eigenvalue weighted by atomic mass is 10.1. The highest BCUT2D eigenvalue weighted by Crippen LogP contribution is 2.29. The molecule has 0 bridgehead atoms. The van der Waals surface area contributed by atoms with Crippen LogP contribution in [0.3, 0.4) is 0 Å². The van der Waals surface area contributed by atoms with E-state index in [-0.39, 0.29) is 17.1 Å². The van der Waals surface area contributed by atoms with Gasteiger partial charge in [-0.2, -0.15) is 0 Å². The Morgan fingerprint density at radius 2 is 2.25 bits per heavy atom. The third-order valence-electron chi connectivity index (χ3n) is 2.20. The molecule has 0 aromatic carbocycles. The van der Waals surface area contributed by atoms with Crippen molar-refractivity contribution < 1.29 is 18.3 Å². The van der Waals surface area contributed by atoms with Crippen molar-refractivity contribution in [1.82, 2.24) is 0 Å². The summed E-state index contributed by atoms with van der Waals surface area (Å²) in [5.41, 5.74) is 0. The minimum atomic E-state index is -1.79. The number of hydrogen-bond acceptors (Lipinski definition) is 3. The first kappa shape index (κ1) is 9.67. The molecule has 1 aliphatic carbocycles. The van der Waals surface area contributed by atoms with Crippen molar-refractivity contribution in [1.29, 1.82) is 0 Å². The molecule has 0 radical (unpaired) electrons. The second-order valence-electron chi connectivity index (χ2n) is 2.93. The van der Waals surface area contributed by atoms with Gasteiger partial charge in [-0.05, 0) is 19.3 Å². The molecule has 1 saturated carbocycles. The van der Waals surface area contributed by atoms with Crippen LogP contribution in [0.15, 0.2) is 0 Å².